The van der Waals surface area contributed by atoms with Gasteiger partial charge in [-0.1, -0.05) is 24.3 Å². The number of carbonyl (C=O) groups excluding carboxylic acids is 1. The van der Waals surface area contributed by atoms with Crippen LogP contribution in [0, 0.1) is 12.8 Å². The van der Waals surface area contributed by atoms with Crippen LogP contribution in [0.1, 0.15) is 37.0 Å². The van der Waals surface area contributed by atoms with E-state index >= 15 is 0 Å². The molecular weight excluding hydrogens is 328 g/mol. The number of nitrogens with zero attached hydrogens (tertiary/aromatic N) is 2. The molecule has 26 heavy (non-hydrogen) atoms. The second kappa shape index (κ2) is 9.03. The average molecular weight is 358 g/mol. The first kappa shape index (κ1) is 18.7. The molecule has 3 rings (SSSR count). The zero-order valence-electron chi connectivity index (χ0n) is 15.8. The first-order chi connectivity index (χ1) is 12.7. The first-order valence-electron chi connectivity index (χ1n) is 9.67. The van der Waals surface area contributed by atoms with Crippen molar-refractivity contribution in [2.45, 2.75) is 32.8 Å². The number of hydrogen-bond acceptors (Lipinski definition) is 3. The van der Waals surface area contributed by atoms with E-state index < -0.39 is 0 Å². The Morgan fingerprint density at radius 2 is 2.12 bits per heavy atom. The summed E-state index contributed by atoms with van der Waals surface area (Å²) in [7, 11) is 0. The molecule has 2 N–H and O–H groups in total. The quantitative estimate of drug-likeness (QED) is 0.463. The average Bonchev–Trinajstić information content (AvgIpc) is 3.50. The molecule has 1 unspecified atom stereocenters. The molecule has 6 heteroatoms. The van der Waals surface area contributed by atoms with Crippen molar-refractivity contribution in [3.8, 4) is 0 Å². The molecule has 0 bridgehead atoms. The Balaban J connectivity index is 1.58. The molecule has 1 aromatic carbocycles. The number of rotatable bonds is 6. The minimum absolute atomic E-state index is 0.0587. The molecule has 1 saturated heterocycles. The van der Waals surface area contributed by atoms with Gasteiger partial charge in [0.25, 0.3) is 0 Å². The molecule has 1 aliphatic carbocycles. The van der Waals surface area contributed by atoms with E-state index in [1.54, 1.807) is 0 Å². The number of nitrogens with one attached hydrogen (secondary N) is 2. The third-order valence-corrected chi connectivity index (χ3v) is 4.86. The Morgan fingerprint density at radius 3 is 2.85 bits per heavy atom. The van der Waals surface area contributed by atoms with Crippen LogP contribution < -0.4 is 10.6 Å². The summed E-state index contributed by atoms with van der Waals surface area (Å²) >= 11 is 0. The second-order valence-electron chi connectivity index (χ2n) is 6.96. The topological polar surface area (TPSA) is 66.0 Å². The van der Waals surface area contributed by atoms with Crippen molar-refractivity contribution in [1.29, 1.82) is 0 Å². The van der Waals surface area contributed by atoms with Gasteiger partial charge in [0, 0.05) is 25.6 Å². The lowest BCUT2D eigenvalue weighted by Gasteiger charge is -2.35. The summed E-state index contributed by atoms with van der Waals surface area (Å²) in [6.07, 6.45) is 2.13. The first-order valence-corrected chi connectivity index (χ1v) is 9.67. The van der Waals surface area contributed by atoms with Gasteiger partial charge in [0.2, 0.25) is 5.91 Å². The Labute approximate surface area is 156 Å². The molecule has 1 atom stereocenters. The van der Waals surface area contributed by atoms with Crippen LogP contribution in [0.5, 0.6) is 0 Å². The SMILES string of the molecule is CCNC(=NCCNC(=O)C1CC1)N1CCOC(c2ccccc2C)C1. The molecule has 1 saturated carbocycles. The summed E-state index contributed by atoms with van der Waals surface area (Å²) in [5.41, 5.74) is 2.49. The van der Waals surface area contributed by atoms with Crippen LogP contribution in [0.3, 0.4) is 0 Å². The van der Waals surface area contributed by atoms with Gasteiger partial charge in [0.15, 0.2) is 5.96 Å². The van der Waals surface area contributed by atoms with Crippen molar-refractivity contribution >= 4 is 11.9 Å². The van der Waals surface area contributed by atoms with Gasteiger partial charge in [-0.3, -0.25) is 9.79 Å². The number of carbonyl (C=O) groups is 1. The fourth-order valence-corrected chi connectivity index (χ4v) is 3.23. The molecule has 1 aliphatic heterocycles. The summed E-state index contributed by atoms with van der Waals surface area (Å²) in [5, 5.41) is 6.34. The zero-order chi connectivity index (χ0) is 18.4. The summed E-state index contributed by atoms with van der Waals surface area (Å²) in [6.45, 7) is 8.49. The van der Waals surface area contributed by atoms with E-state index in [-0.39, 0.29) is 17.9 Å². The molecule has 6 nitrogen and oxygen atoms in total. The minimum atomic E-state index is 0.0587. The number of benzene rings is 1. The van der Waals surface area contributed by atoms with E-state index in [1.165, 1.54) is 11.1 Å². The number of aryl methyl sites for hydroxylation is 1. The molecule has 1 heterocycles. The van der Waals surface area contributed by atoms with Gasteiger partial charge in [-0.2, -0.15) is 0 Å². The van der Waals surface area contributed by atoms with E-state index in [2.05, 4.69) is 53.6 Å². The second-order valence-corrected chi connectivity index (χ2v) is 6.96. The van der Waals surface area contributed by atoms with E-state index in [9.17, 15) is 4.79 Å². The fraction of sp³-hybridized carbons (Fsp3) is 0.600. The summed E-state index contributed by atoms with van der Waals surface area (Å²) in [6, 6.07) is 8.38. The fourth-order valence-electron chi connectivity index (χ4n) is 3.23. The molecule has 142 valence electrons. The molecule has 0 aromatic heterocycles. The lowest BCUT2D eigenvalue weighted by molar-refractivity contribution is -0.122. The molecule has 0 spiro atoms. The highest BCUT2D eigenvalue weighted by molar-refractivity contribution is 5.81. The van der Waals surface area contributed by atoms with E-state index in [0.29, 0.717) is 19.7 Å². The highest BCUT2D eigenvalue weighted by Gasteiger charge is 2.29. The van der Waals surface area contributed by atoms with Crippen molar-refractivity contribution < 1.29 is 9.53 Å². The maximum absolute atomic E-state index is 11.7. The van der Waals surface area contributed by atoms with Gasteiger partial charge in [-0.15, -0.1) is 0 Å². The summed E-state index contributed by atoms with van der Waals surface area (Å²) in [5.74, 6) is 1.33. The number of amides is 1. The largest absolute Gasteiger partial charge is 0.370 e. The van der Waals surface area contributed by atoms with Crippen LogP contribution in [0.4, 0.5) is 0 Å². The van der Waals surface area contributed by atoms with Gasteiger partial charge in [-0.05, 0) is 37.8 Å². The van der Waals surface area contributed by atoms with Gasteiger partial charge in [0.05, 0.1) is 19.7 Å². The van der Waals surface area contributed by atoms with Crippen LogP contribution in [-0.4, -0.2) is 56.1 Å². The summed E-state index contributed by atoms with van der Waals surface area (Å²) < 4.78 is 6.01. The number of ether oxygens (including phenoxy) is 1. The Hall–Kier alpha value is -2.08. The van der Waals surface area contributed by atoms with E-state index in [4.69, 9.17) is 9.73 Å². The van der Waals surface area contributed by atoms with Crippen LogP contribution in [0.15, 0.2) is 29.3 Å². The third kappa shape index (κ3) is 4.97. The predicted molar refractivity (Wildman–Crippen MR) is 103 cm³/mol. The number of aliphatic imine (C=N–C) groups is 1. The van der Waals surface area contributed by atoms with Gasteiger partial charge >= 0.3 is 0 Å². The number of hydrogen-bond donors (Lipinski definition) is 2. The van der Waals surface area contributed by atoms with Gasteiger partial charge < -0.3 is 20.3 Å². The third-order valence-electron chi connectivity index (χ3n) is 4.86. The smallest absolute Gasteiger partial charge is 0.223 e. The Kier molecular flexibility index (Phi) is 6.50. The Bertz CT molecular complexity index is 642. The minimum Gasteiger partial charge on any atom is -0.370 e. The van der Waals surface area contributed by atoms with Gasteiger partial charge in [-0.25, -0.2) is 0 Å². The van der Waals surface area contributed by atoms with Crippen molar-refractivity contribution in [2.75, 3.05) is 39.3 Å². The number of morpholine rings is 1. The Morgan fingerprint density at radius 1 is 1.31 bits per heavy atom. The highest BCUT2D eigenvalue weighted by Crippen LogP contribution is 2.28. The highest BCUT2D eigenvalue weighted by atomic mass is 16.5. The standard InChI is InChI=1S/C20H30N4O2/c1-3-21-20(23-11-10-22-19(25)16-8-9-16)24-12-13-26-18(14-24)17-7-5-4-6-15(17)2/h4-7,16,18H,3,8-14H2,1-2H3,(H,21,23)(H,22,25). The monoisotopic (exact) mass is 358 g/mol. The normalized spacial score (nSPS) is 20.8. The van der Waals surface area contributed by atoms with Crippen LogP contribution in [-0.2, 0) is 9.53 Å². The molecule has 1 amide bonds. The molecule has 1 aromatic rings. The lowest BCUT2D eigenvalue weighted by Crippen LogP contribution is -2.48. The molecular formula is C20H30N4O2. The maximum atomic E-state index is 11.7. The van der Waals surface area contributed by atoms with Crippen molar-refractivity contribution in [3.63, 3.8) is 0 Å². The lowest BCUT2D eigenvalue weighted by atomic mass is 10.0. The maximum Gasteiger partial charge on any atom is 0.223 e. The van der Waals surface area contributed by atoms with Crippen LogP contribution in [0.25, 0.3) is 0 Å². The van der Waals surface area contributed by atoms with Crippen molar-refractivity contribution in [2.24, 2.45) is 10.9 Å². The summed E-state index contributed by atoms with van der Waals surface area (Å²) in [4.78, 5) is 18.7. The van der Waals surface area contributed by atoms with Crippen molar-refractivity contribution in [3.05, 3.63) is 35.4 Å². The van der Waals surface area contributed by atoms with E-state index in [1.807, 2.05) is 0 Å². The van der Waals surface area contributed by atoms with Gasteiger partial charge in [0.1, 0.15) is 6.10 Å². The molecule has 2 fully saturated rings. The van der Waals surface area contributed by atoms with E-state index in [0.717, 1.165) is 38.4 Å². The molecule has 2 aliphatic rings. The molecule has 0 radical (unpaired) electrons. The zero-order valence-corrected chi connectivity index (χ0v) is 15.8. The van der Waals surface area contributed by atoms with Crippen LogP contribution in [0.2, 0.25) is 0 Å². The number of guanidine groups is 1. The van der Waals surface area contributed by atoms with Crippen molar-refractivity contribution in [1.82, 2.24) is 15.5 Å². The predicted octanol–water partition coefficient (Wildman–Crippen LogP) is 1.86. The van der Waals surface area contributed by atoms with Crippen LogP contribution >= 0.6 is 0 Å².